The number of hydrogen-bond acceptors (Lipinski definition) is 3. The smallest absolute Gasteiger partial charge is 0.372 e. The van der Waals surface area contributed by atoms with E-state index in [0.29, 0.717) is 10.6 Å². The van der Waals surface area contributed by atoms with Gasteiger partial charge in [0.2, 0.25) is 0 Å². The summed E-state index contributed by atoms with van der Waals surface area (Å²) in [6, 6.07) is 0. The molecule has 0 bridgehead atoms. The Bertz CT molecular complexity index is 616. The Kier molecular flexibility index (Phi) is 1.96. The van der Waals surface area contributed by atoms with Crippen LogP contribution in [0.15, 0.2) is 25.7 Å². The molecular weight excluding hydrogens is 182 g/mol. The summed E-state index contributed by atoms with van der Waals surface area (Å²) in [5.74, 6) is -0.710. The molecular formula is C10H9NO3. The van der Waals surface area contributed by atoms with Crippen LogP contribution in [0, 0.1) is 0 Å². The van der Waals surface area contributed by atoms with Gasteiger partial charge in [0, 0.05) is 0 Å². The van der Waals surface area contributed by atoms with Crippen molar-refractivity contribution >= 4 is 12.2 Å². The molecule has 0 aliphatic heterocycles. The fourth-order valence-corrected chi connectivity index (χ4v) is 1.33. The molecule has 0 unspecified atom stereocenters. The Morgan fingerprint density at radius 3 is 2.93 bits per heavy atom. The molecule has 1 aliphatic carbocycles. The molecule has 0 fully saturated rings. The first-order valence-electron chi connectivity index (χ1n) is 4.28. The Hall–Kier alpha value is -1.84. The standard InChI is InChI=1S/C10H9NO3/c1-6-2-4-7-8(5-3-6)11-10(13)14-9(7)12/h2,4-5H,3H2,1H3,(H,11,13). The Labute approximate surface area is 78.9 Å². The predicted octanol–water partition coefficient (Wildman–Crippen LogP) is -0.761. The highest BCUT2D eigenvalue weighted by Gasteiger charge is 1.99. The first kappa shape index (κ1) is 8.74. The van der Waals surface area contributed by atoms with Crippen LogP contribution in [0.4, 0.5) is 0 Å². The van der Waals surface area contributed by atoms with Gasteiger partial charge in [0.15, 0.2) is 0 Å². The van der Waals surface area contributed by atoms with Crippen LogP contribution in [0.3, 0.4) is 0 Å². The number of rotatable bonds is 0. The third kappa shape index (κ3) is 1.46. The van der Waals surface area contributed by atoms with Crippen LogP contribution in [-0.4, -0.2) is 4.98 Å². The van der Waals surface area contributed by atoms with E-state index in [1.807, 2.05) is 19.1 Å². The van der Waals surface area contributed by atoms with Gasteiger partial charge in [0.05, 0.1) is 10.6 Å². The normalized spacial score (nSPS) is 14.5. The number of nitrogens with one attached hydrogen (secondary N) is 1. The van der Waals surface area contributed by atoms with Gasteiger partial charge in [0.1, 0.15) is 0 Å². The van der Waals surface area contributed by atoms with Gasteiger partial charge in [-0.1, -0.05) is 17.7 Å². The summed E-state index contributed by atoms with van der Waals surface area (Å²) >= 11 is 0. The lowest BCUT2D eigenvalue weighted by molar-refractivity contribution is 0.440. The molecule has 2 rings (SSSR count). The van der Waals surface area contributed by atoms with Crippen molar-refractivity contribution in [3.63, 3.8) is 0 Å². The zero-order valence-electron chi connectivity index (χ0n) is 7.66. The summed E-state index contributed by atoms with van der Waals surface area (Å²) < 4.78 is 4.42. The summed E-state index contributed by atoms with van der Waals surface area (Å²) in [7, 11) is 0. The fourth-order valence-electron chi connectivity index (χ4n) is 1.33. The van der Waals surface area contributed by atoms with Crippen molar-refractivity contribution in [3.05, 3.63) is 43.2 Å². The van der Waals surface area contributed by atoms with E-state index in [1.54, 1.807) is 6.08 Å². The van der Waals surface area contributed by atoms with E-state index in [-0.39, 0.29) is 0 Å². The van der Waals surface area contributed by atoms with Gasteiger partial charge in [0.25, 0.3) is 0 Å². The lowest BCUT2D eigenvalue weighted by Gasteiger charge is -1.88. The van der Waals surface area contributed by atoms with Crippen LogP contribution >= 0.6 is 0 Å². The third-order valence-electron chi connectivity index (χ3n) is 2.09. The van der Waals surface area contributed by atoms with Crippen LogP contribution < -0.4 is 21.9 Å². The van der Waals surface area contributed by atoms with Crippen LogP contribution in [0.25, 0.3) is 12.2 Å². The molecule has 0 spiro atoms. The maximum absolute atomic E-state index is 11.3. The molecule has 4 nitrogen and oxygen atoms in total. The Morgan fingerprint density at radius 2 is 2.14 bits per heavy atom. The van der Waals surface area contributed by atoms with Crippen molar-refractivity contribution in [2.24, 2.45) is 0 Å². The average molecular weight is 191 g/mol. The van der Waals surface area contributed by atoms with Gasteiger partial charge in [-0.2, -0.15) is 0 Å². The zero-order valence-corrected chi connectivity index (χ0v) is 7.66. The second kappa shape index (κ2) is 3.14. The van der Waals surface area contributed by atoms with Gasteiger partial charge in [-0.15, -0.1) is 0 Å². The number of aromatic nitrogens is 1. The summed E-state index contributed by atoms with van der Waals surface area (Å²) in [6.45, 7) is 1.96. The highest BCUT2D eigenvalue weighted by molar-refractivity contribution is 5.44. The predicted molar refractivity (Wildman–Crippen MR) is 52.2 cm³/mol. The maximum atomic E-state index is 11.3. The van der Waals surface area contributed by atoms with Crippen molar-refractivity contribution in [1.29, 1.82) is 0 Å². The molecule has 1 aromatic rings. The maximum Gasteiger partial charge on any atom is 0.419 e. The van der Waals surface area contributed by atoms with E-state index in [4.69, 9.17) is 0 Å². The molecule has 72 valence electrons. The molecule has 1 heterocycles. The van der Waals surface area contributed by atoms with E-state index in [0.717, 1.165) is 12.0 Å². The van der Waals surface area contributed by atoms with Crippen LogP contribution in [0.5, 0.6) is 0 Å². The number of aromatic amines is 1. The number of hydrogen-bond donors (Lipinski definition) is 1. The van der Waals surface area contributed by atoms with Gasteiger partial charge in [-0.25, -0.2) is 9.59 Å². The second-order valence-corrected chi connectivity index (χ2v) is 3.22. The topological polar surface area (TPSA) is 63.1 Å². The van der Waals surface area contributed by atoms with E-state index >= 15 is 0 Å². The van der Waals surface area contributed by atoms with Gasteiger partial charge in [-0.3, -0.25) is 4.98 Å². The minimum atomic E-state index is -0.710. The molecule has 0 saturated heterocycles. The SMILES string of the molecule is CC1=CC=c2c([nH]c(=O)oc2=O)=CC1. The fraction of sp³-hybridized carbons (Fsp3) is 0.200. The molecule has 1 N–H and O–H groups in total. The monoisotopic (exact) mass is 191 g/mol. The minimum absolute atomic E-state index is 0.404. The highest BCUT2D eigenvalue weighted by atomic mass is 16.4. The lowest BCUT2D eigenvalue weighted by Crippen LogP contribution is -2.44. The van der Waals surface area contributed by atoms with E-state index in [1.165, 1.54) is 0 Å². The van der Waals surface area contributed by atoms with Crippen molar-refractivity contribution < 1.29 is 4.42 Å². The first-order chi connectivity index (χ1) is 6.66. The van der Waals surface area contributed by atoms with Gasteiger partial charge >= 0.3 is 11.4 Å². The molecule has 1 aliphatic rings. The van der Waals surface area contributed by atoms with Gasteiger partial charge in [-0.05, 0) is 19.4 Å². The first-order valence-corrected chi connectivity index (χ1v) is 4.28. The van der Waals surface area contributed by atoms with E-state index < -0.39 is 11.4 Å². The van der Waals surface area contributed by atoms with Crippen molar-refractivity contribution in [2.75, 3.05) is 0 Å². The van der Waals surface area contributed by atoms with E-state index in [9.17, 15) is 9.59 Å². The lowest BCUT2D eigenvalue weighted by atomic mass is 10.2. The highest BCUT2D eigenvalue weighted by Crippen LogP contribution is 2.00. The summed E-state index contributed by atoms with van der Waals surface area (Å²) in [4.78, 5) is 24.6. The van der Waals surface area contributed by atoms with Crippen molar-refractivity contribution in [3.8, 4) is 0 Å². The van der Waals surface area contributed by atoms with Crippen LogP contribution in [0.2, 0.25) is 0 Å². The minimum Gasteiger partial charge on any atom is -0.372 e. The molecule has 0 radical (unpaired) electrons. The summed E-state index contributed by atoms with van der Waals surface area (Å²) in [6.07, 6.45) is 6.04. The number of fused-ring (bicyclic) bond motifs is 1. The zero-order chi connectivity index (χ0) is 10.1. The molecule has 4 heteroatoms. The van der Waals surface area contributed by atoms with E-state index in [2.05, 4.69) is 9.40 Å². The average Bonchev–Trinajstić information content (AvgIpc) is 2.28. The Morgan fingerprint density at radius 1 is 1.36 bits per heavy atom. The summed E-state index contributed by atoms with van der Waals surface area (Å²) in [5, 5.41) is 0.945. The molecule has 0 aromatic carbocycles. The molecule has 14 heavy (non-hydrogen) atoms. The van der Waals surface area contributed by atoms with Crippen molar-refractivity contribution in [2.45, 2.75) is 13.3 Å². The quantitative estimate of drug-likeness (QED) is 0.586. The summed E-state index contributed by atoms with van der Waals surface area (Å²) in [5.41, 5.74) is 0.535. The van der Waals surface area contributed by atoms with Crippen molar-refractivity contribution in [1.82, 2.24) is 4.98 Å². The van der Waals surface area contributed by atoms with Gasteiger partial charge < -0.3 is 4.42 Å². The molecule has 0 atom stereocenters. The molecule has 1 aromatic heterocycles. The van der Waals surface area contributed by atoms with Crippen LogP contribution in [-0.2, 0) is 0 Å². The largest absolute Gasteiger partial charge is 0.419 e. The number of allylic oxidation sites excluding steroid dienone is 2. The Balaban J connectivity index is 2.95. The molecule has 0 saturated carbocycles. The van der Waals surface area contributed by atoms with Crippen LogP contribution in [0.1, 0.15) is 13.3 Å². The second-order valence-electron chi connectivity index (χ2n) is 3.22. The number of H-pyrrole nitrogens is 1. The molecule has 0 amide bonds. The third-order valence-corrected chi connectivity index (χ3v) is 2.09.